The van der Waals surface area contributed by atoms with Gasteiger partial charge in [-0.25, -0.2) is 0 Å². The summed E-state index contributed by atoms with van der Waals surface area (Å²) >= 11 is 5.78. The van der Waals surface area contributed by atoms with Crippen LogP contribution in [-0.4, -0.2) is 47.3 Å². The van der Waals surface area contributed by atoms with Crippen LogP contribution in [-0.2, 0) is 5.41 Å². The van der Waals surface area contributed by atoms with E-state index >= 15 is 0 Å². The van der Waals surface area contributed by atoms with Crippen molar-refractivity contribution in [1.29, 1.82) is 0 Å². The lowest BCUT2D eigenvalue weighted by Crippen LogP contribution is -2.43. The van der Waals surface area contributed by atoms with Crippen LogP contribution in [0.1, 0.15) is 76.7 Å². The van der Waals surface area contributed by atoms with Crippen molar-refractivity contribution in [2.24, 2.45) is 0 Å². The van der Waals surface area contributed by atoms with Gasteiger partial charge in [0.25, 0.3) is 0 Å². The molecular weight excluding hydrogens is 452 g/mol. The van der Waals surface area contributed by atoms with Crippen molar-refractivity contribution in [2.45, 2.75) is 82.6 Å². The molecule has 1 aliphatic carbocycles. The maximum atomic E-state index is 5.78. The molecule has 2 aromatic rings. The zero-order chi connectivity index (χ0) is 24.1. The Morgan fingerprint density at radius 1 is 0.943 bits per heavy atom. The second-order valence-corrected chi connectivity index (χ2v) is 11.1. The Labute approximate surface area is 215 Å². The highest BCUT2D eigenvalue weighted by Gasteiger charge is 2.34. The van der Waals surface area contributed by atoms with Crippen LogP contribution in [0.15, 0.2) is 36.4 Å². The summed E-state index contributed by atoms with van der Waals surface area (Å²) < 4.78 is 0. The molecule has 5 rings (SSSR count). The van der Waals surface area contributed by atoms with Gasteiger partial charge in [0.05, 0.1) is 0 Å². The van der Waals surface area contributed by atoms with Gasteiger partial charge in [-0.2, -0.15) is 9.97 Å². The second kappa shape index (κ2) is 11.1. The lowest BCUT2D eigenvalue weighted by atomic mass is 9.69. The summed E-state index contributed by atoms with van der Waals surface area (Å²) in [5.41, 5.74) is 1.56. The molecule has 1 aromatic carbocycles. The molecule has 1 atom stereocenters. The minimum Gasteiger partial charge on any atom is -0.361 e. The number of anilines is 3. The van der Waals surface area contributed by atoms with Crippen LogP contribution in [0.5, 0.6) is 0 Å². The van der Waals surface area contributed by atoms with E-state index in [2.05, 4.69) is 63.8 Å². The summed E-state index contributed by atoms with van der Waals surface area (Å²) in [4.78, 5) is 14.7. The SMILES string of the molecule is C[C@H]1CCCCN1c1cc(N2CCCC2)nc(NC(=S)NCC2(c3ccccc3)CCCCC2)n1. The molecule has 1 saturated carbocycles. The predicted octanol–water partition coefficient (Wildman–Crippen LogP) is 5.64. The lowest BCUT2D eigenvalue weighted by Gasteiger charge is -2.38. The maximum absolute atomic E-state index is 5.78. The van der Waals surface area contributed by atoms with Crippen molar-refractivity contribution in [2.75, 3.05) is 41.3 Å². The number of rotatable bonds is 6. The Hall–Kier alpha value is -2.41. The molecule has 0 unspecified atom stereocenters. The number of hydrogen-bond donors (Lipinski definition) is 2. The summed E-state index contributed by atoms with van der Waals surface area (Å²) in [5, 5.41) is 7.52. The van der Waals surface area contributed by atoms with Gasteiger partial charge in [-0.1, -0.05) is 49.6 Å². The largest absolute Gasteiger partial charge is 0.361 e. The van der Waals surface area contributed by atoms with Crippen LogP contribution >= 0.6 is 12.2 Å². The van der Waals surface area contributed by atoms with E-state index in [9.17, 15) is 0 Å². The average Bonchev–Trinajstić information content (AvgIpc) is 3.44. The van der Waals surface area contributed by atoms with Crippen LogP contribution in [0.2, 0.25) is 0 Å². The van der Waals surface area contributed by atoms with Crippen molar-refractivity contribution in [1.82, 2.24) is 15.3 Å². The van der Waals surface area contributed by atoms with Gasteiger partial charge in [-0.3, -0.25) is 0 Å². The second-order valence-electron chi connectivity index (χ2n) is 10.7. The molecule has 3 aliphatic rings. The van der Waals surface area contributed by atoms with Crippen molar-refractivity contribution in [3.05, 3.63) is 42.0 Å². The first-order valence-electron chi connectivity index (χ1n) is 13.6. The molecule has 1 aromatic heterocycles. The Bertz CT molecular complexity index is 984. The van der Waals surface area contributed by atoms with Gasteiger partial charge in [-0.15, -0.1) is 0 Å². The number of piperidine rings is 1. The van der Waals surface area contributed by atoms with E-state index in [1.807, 2.05) is 0 Å². The molecule has 35 heavy (non-hydrogen) atoms. The molecule has 7 heteroatoms. The summed E-state index contributed by atoms with van der Waals surface area (Å²) in [7, 11) is 0. The number of nitrogens with zero attached hydrogens (tertiary/aromatic N) is 4. The number of benzene rings is 1. The fraction of sp³-hybridized carbons (Fsp3) is 0.607. The third-order valence-electron chi connectivity index (χ3n) is 8.24. The highest BCUT2D eigenvalue weighted by molar-refractivity contribution is 7.80. The van der Waals surface area contributed by atoms with Crippen LogP contribution in [0.3, 0.4) is 0 Å². The first-order chi connectivity index (χ1) is 17.1. The minimum atomic E-state index is 0.137. The van der Waals surface area contributed by atoms with Crippen molar-refractivity contribution in [3.63, 3.8) is 0 Å². The van der Waals surface area contributed by atoms with Crippen molar-refractivity contribution < 1.29 is 0 Å². The molecule has 0 amide bonds. The van der Waals surface area contributed by atoms with Gasteiger partial charge in [-0.05, 0) is 69.7 Å². The Balaban J connectivity index is 1.32. The fourth-order valence-electron chi connectivity index (χ4n) is 6.15. The topological polar surface area (TPSA) is 56.3 Å². The van der Waals surface area contributed by atoms with E-state index in [1.54, 1.807) is 0 Å². The monoisotopic (exact) mass is 492 g/mol. The Morgan fingerprint density at radius 2 is 1.66 bits per heavy atom. The van der Waals surface area contributed by atoms with Crippen molar-refractivity contribution >= 4 is 34.9 Å². The molecule has 3 fully saturated rings. The average molecular weight is 493 g/mol. The third-order valence-corrected chi connectivity index (χ3v) is 8.48. The first-order valence-corrected chi connectivity index (χ1v) is 14.0. The normalized spacial score (nSPS) is 22.1. The van der Waals surface area contributed by atoms with E-state index in [-0.39, 0.29) is 5.41 Å². The Morgan fingerprint density at radius 3 is 2.40 bits per heavy atom. The smallest absolute Gasteiger partial charge is 0.232 e. The zero-order valence-electron chi connectivity index (χ0n) is 21.1. The predicted molar refractivity (Wildman–Crippen MR) is 150 cm³/mol. The first kappa shape index (κ1) is 24.3. The minimum absolute atomic E-state index is 0.137. The number of nitrogens with one attached hydrogen (secondary N) is 2. The summed E-state index contributed by atoms with van der Waals surface area (Å²) in [6.45, 7) is 6.33. The molecule has 0 bridgehead atoms. The highest BCUT2D eigenvalue weighted by atomic mass is 32.1. The molecule has 0 radical (unpaired) electrons. The number of hydrogen-bond acceptors (Lipinski definition) is 5. The maximum Gasteiger partial charge on any atom is 0.232 e. The van der Waals surface area contributed by atoms with E-state index in [0.717, 1.165) is 37.8 Å². The van der Waals surface area contributed by atoms with E-state index < -0.39 is 0 Å². The van der Waals surface area contributed by atoms with E-state index in [1.165, 1.54) is 69.8 Å². The molecule has 2 N–H and O–H groups in total. The molecular formula is C28H40N6S. The molecule has 3 heterocycles. The van der Waals surface area contributed by atoms with Crippen LogP contribution in [0.4, 0.5) is 17.6 Å². The van der Waals surface area contributed by atoms with Crippen molar-refractivity contribution in [3.8, 4) is 0 Å². The fourth-order valence-corrected chi connectivity index (χ4v) is 6.32. The van der Waals surface area contributed by atoms with Gasteiger partial charge in [0.15, 0.2) is 5.11 Å². The summed E-state index contributed by atoms with van der Waals surface area (Å²) in [6.07, 6.45) is 12.5. The third kappa shape index (κ3) is 5.71. The number of thiocarbonyl (C=S) groups is 1. The molecule has 0 spiro atoms. The molecule has 2 aliphatic heterocycles. The quantitative estimate of drug-likeness (QED) is 0.506. The van der Waals surface area contributed by atoms with Gasteiger partial charge in [0, 0.05) is 43.7 Å². The van der Waals surface area contributed by atoms with Gasteiger partial charge >= 0.3 is 0 Å². The van der Waals surface area contributed by atoms with Crippen LogP contribution < -0.4 is 20.4 Å². The Kier molecular flexibility index (Phi) is 7.71. The van der Waals surface area contributed by atoms with Crippen LogP contribution in [0.25, 0.3) is 0 Å². The summed E-state index contributed by atoms with van der Waals surface area (Å²) in [6, 6.07) is 13.6. The molecule has 188 valence electrons. The zero-order valence-corrected chi connectivity index (χ0v) is 22.0. The van der Waals surface area contributed by atoms with Gasteiger partial charge in [0.2, 0.25) is 5.95 Å². The molecule has 2 saturated heterocycles. The highest BCUT2D eigenvalue weighted by Crippen LogP contribution is 2.39. The standard InChI is InChI=1S/C28H40N6S/c1-22-12-6-9-19-34(22)25-20-24(33-17-10-11-18-33)30-26(31-25)32-27(35)29-21-28(15-7-3-8-16-28)23-13-4-2-5-14-23/h2,4-5,13-14,20,22H,3,6-12,15-19,21H2,1H3,(H2,29,30,31,32,35)/t22-/m0/s1. The molecule has 6 nitrogen and oxygen atoms in total. The van der Waals surface area contributed by atoms with Gasteiger partial charge in [0.1, 0.15) is 11.6 Å². The van der Waals surface area contributed by atoms with E-state index in [4.69, 9.17) is 22.2 Å². The van der Waals surface area contributed by atoms with Gasteiger partial charge < -0.3 is 20.4 Å². The number of aromatic nitrogens is 2. The summed E-state index contributed by atoms with van der Waals surface area (Å²) in [5.74, 6) is 2.65. The lowest BCUT2D eigenvalue weighted by molar-refractivity contribution is 0.292. The van der Waals surface area contributed by atoms with E-state index in [0.29, 0.717) is 17.1 Å². The van der Waals surface area contributed by atoms with Crippen LogP contribution in [0, 0.1) is 0 Å².